The van der Waals surface area contributed by atoms with Gasteiger partial charge in [0.15, 0.2) is 0 Å². The second-order valence-corrected chi connectivity index (χ2v) is 6.82. The van der Waals surface area contributed by atoms with E-state index in [1.165, 1.54) is 0 Å². The first-order chi connectivity index (χ1) is 13.9. The predicted octanol–water partition coefficient (Wildman–Crippen LogP) is -2.73. The third-order valence-electron chi connectivity index (χ3n) is 4.71. The van der Waals surface area contributed by atoms with Gasteiger partial charge in [-0.2, -0.15) is 4.98 Å². The molecule has 0 fully saturated rings. The summed E-state index contributed by atoms with van der Waals surface area (Å²) in [5.41, 5.74) is 7.88. The smallest absolute Gasteiger partial charge is 0.548 e. The molecule has 1 aromatic carbocycles. The van der Waals surface area contributed by atoms with Crippen molar-refractivity contribution in [2.45, 2.75) is 38.6 Å². The van der Waals surface area contributed by atoms with Gasteiger partial charge in [0, 0.05) is 11.8 Å². The molecule has 0 spiro atoms. The molecule has 5 N–H and O–H groups in total. The first kappa shape index (κ1) is 23.7. The second kappa shape index (κ2) is 10.4. The zero-order chi connectivity index (χ0) is 21.0. The maximum Gasteiger partial charge on any atom is 1.00 e. The average molecular weight is 419 g/mol. The van der Waals surface area contributed by atoms with Crippen molar-refractivity contribution in [2.75, 3.05) is 5.73 Å². The Labute approximate surface area is 194 Å². The van der Waals surface area contributed by atoms with Crippen LogP contribution in [0.3, 0.4) is 0 Å². The fraction of sp³-hybridized carbons (Fsp3) is 0.300. The zero-order valence-corrected chi connectivity index (χ0v) is 19.0. The van der Waals surface area contributed by atoms with E-state index in [9.17, 15) is 19.5 Å². The number of aliphatic carboxylic acids is 1. The molecular formula is C20H22N5NaO4. The molecule has 3 rings (SSSR count). The van der Waals surface area contributed by atoms with Crippen molar-refractivity contribution in [1.29, 1.82) is 0 Å². The zero-order valence-electron chi connectivity index (χ0n) is 17.0. The molecule has 10 heteroatoms. The molecule has 0 aliphatic rings. The van der Waals surface area contributed by atoms with Crippen molar-refractivity contribution in [2.24, 2.45) is 0 Å². The molecule has 0 radical (unpaired) electrons. The van der Waals surface area contributed by atoms with Gasteiger partial charge in [0.05, 0.1) is 17.4 Å². The van der Waals surface area contributed by atoms with Crippen molar-refractivity contribution in [3.63, 3.8) is 0 Å². The van der Waals surface area contributed by atoms with Crippen molar-refractivity contribution < 1.29 is 44.3 Å². The second-order valence-electron chi connectivity index (χ2n) is 6.82. The van der Waals surface area contributed by atoms with Crippen LogP contribution in [-0.4, -0.2) is 32.9 Å². The van der Waals surface area contributed by atoms with E-state index >= 15 is 0 Å². The molecule has 2 aromatic heterocycles. The van der Waals surface area contributed by atoms with E-state index in [-0.39, 0.29) is 41.1 Å². The van der Waals surface area contributed by atoms with Crippen molar-refractivity contribution >= 4 is 28.9 Å². The summed E-state index contributed by atoms with van der Waals surface area (Å²) in [4.78, 5) is 44.9. The van der Waals surface area contributed by atoms with E-state index in [1.54, 1.807) is 30.5 Å². The summed E-state index contributed by atoms with van der Waals surface area (Å²) in [6, 6.07) is 5.89. The van der Waals surface area contributed by atoms with E-state index in [0.717, 1.165) is 11.1 Å². The van der Waals surface area contributed by atoms with Gasteiger partial charge in [-0.25, -0.2) is 0 Å². The number of carboxylic acids is 1. The van der Waals surface area contributed by atoms with Gasteiger partial charge in [-0.3, -0.25) is 14.6 Å². The number of nitrogens with two attached hydrogens (primary N) is 1. The number of carbonyl (C=O) groups excluding carboxylic acids is 2. The topological polar surface area (TPSA) is 157 Å². The number of carboxylic acid groups (broad SMARTS) is 1. The summed E-state index contributed by atoms with van der Waals surface area (Å²) in [5, 5.41) is 14.0. The summed E-state index contributed by atoms with van der Waals surface area (Å²) in [6.07, 6.45) is 3.93. The predicted molar refractivity (Wildman–Crippen MR) is 106 cm³/mol. The van der Waals surface area contributed by atoms with Crippen LogP contribution in [0.25, 0.3) is 11.0 Å². The molecule has 2 heterocycles. The Kier molecular flexibility index (Phi) is 8.22. The molecule has 9 nitrogen and oxygen atoms in total. The molecule has 0 saturated carbocycles. The summed E-state index contributed by atoms with van der Waals surface area (Å²) in [7, 11) is 0. The number of nitrogens with one attached hydrogen (secondary N) is 3. The number of hydrogen-bond acceptors (Lipinski definition) is 6. The molecule has 30 heavy (non-hydrogen) atoms. The molecule has 1 amide bonds. The van der Waals surface area contributed by atoms with Gasteiger partial charge in [-0.05, 0) is 42.5 Å². The minimum atomic E-state index is -1.29. The Morgan fingerprint density at radius 1 is 1.23 bits per heavy atom. The third-order valence-corrected chi connectivity index (χ3v) is 4.71. The minimum absolute atomic E-state index is 0. The largest absolute Gasteiger partial charge is 1.00 e. The monoisotopic (exact) mass is 419 g/mol. The van der Waals surface area contributed by atoms with E-state index in [0.29, 0.717) is 42.3 Å². The van der Waals surface area contributed by atoms with Gasteiger partial charge in [0.25, 0.3) is 11.5 Å². The number of nitrogens with zero attached hydrogens (tertiary/aromatic N) is 1. The normalized spacial score (nSPS) is 11.6. The van der Waals surface area contributed by atoms with Crippen LogP contribution in [0.2, 0.25) is 0 Å². The number of benzene rings is 1. The Balaban J connectivity index is 0.00000320. The Morgan fingerprint density at radius 2 is 1.93 bits per heavy atom. The molecule has 3 aromatic rings. The fourth-order valence-corrected chi connectivity index (χ4v) is 3.20. The number of hydrogen-bond donors (Lipinski definition) is 4. The quantitative estimate of drug-likeness (QED) is 0.290. The Morgan fingerprint density at radius 3 is 2.57 bits per heavy atom. The van der Waals surface area contributed by atoms with Gasteiger partial charge in [0.2, 0.25) is 5.95 Å². The van der Waals surface area contributed by atoms with Gasteiger partial charge in [-0.1, -0.05) is 25.5 Å². The van der Waals surface area contributed by atoms with E-state index in [1.807, 2.05) is 6.92 Å². The summed E-state index contributed by atoms with van der Waals surface area (Å²) in [5.74, 6) is -1.68. The van der Waals surface area contributed by atoms with Crippen LogP contribution < -0.4 is 51.3 Å². The number of carbonyl (C=O) groups is 2. The number of fused-ring (bicyclic) bond motifs is 1. The maximum atomic E-state index is 12.2. The van der Waals surface area contributed by atoms with Gasteiger partial charge >= 0.3 is 29.6 Å². The number of nitrogen functional groups attached to an aromatic ring is 1. The molecule has 0 aliphatic heterocycles. The molecule has 0 aliphatic carbocycles. The molecule has 0 unspecified atom stereocenters. The summed E-state index contributed by atoms with van der Waals surface area (Å²) < 4.78 is 0. The van der Waals surface area contributed by atoms with Crippen LogP contribution in [0.4, 0.5) is 5.95 Å². The number of aromatic amines is 2. The van der Waals surface area contributed by atoms with Crippen molar-refractivity contribution in [3.05, 3.63) is 57.5 Å². The molecule has 152 valence electrons. The molecule has 0 bridgehead atoms. The van der Waals surface area contributed by atoms with E-state index in [4.69, 9.17) is 5.73 Å². The van der Waals surface area contributed by atoms with Crippen LogP contribution >= 0.6 is 0 Å². The minimum Gasteiger partial charge on any atom is -0.548 e. The van der Waals surface area contributed by atoms with Gasteiger partial charge < -0.3 is 25.9 Å². The van der Waals surface area contributed by atoms with Crippen molar-refractivity contribution in [1.82, 2.24) is 20.3 Å². The van der Waals surface area contributed by atoms with E-state index in [2.05, 4.69) is 20.3 Å². The number of rotatable bonds is 8. The van der Waals surface area contributed by atoms with Crippen molar-refractivity contribution in [3.8, 4) is 0 Å². The van der Waals surface area contributed by atoms with Gasteiger partial charge in [-0.15, -0.1) is 0 Å². The number of amides is 1. The van der Waals surface area contributed by atoms with Crippen LogP contribution in [0.5, 0.6) is 0 Å². The number of anilines is 1. The number of H-pyrrole nitrogens is 2. The first-order valence-electron chi connectivity index (χ1n) is 9.35. The first-order valence-corrected chi connectivity index (χ1v) is 9.35. The van der Waals surface area contributed by atoms with Crippen LogP contribution in [0.15, 0.2) is 35.3 Å². The number of aromatic nitrogens is 3. The van der Waals surface area contributed by atoms with E-state index < -0.39 is 17.9 Å². The Bertz CT molecular complexity index is 1090. The van der Waals surface area contributed by atoms with Crippen LogP contribution in [0, 0.1) is 0 Å². The molecule has 0 saturated heterocycles. The molecule has 1 atom stereocenters. The van der Waals surface area contributed by atoms with Gasteiger partial charge in [0.1, 0.15) is 5.65 Å². The Hall–Kier alpha value is -2.62. The van der Waals surface area contributed by atoms with Crippen LogP contribution in [0.1, 0.15) is 41.3 Å². The maximum absolute atomic E-state index is 12.2. The summed E-state index contributed by atoms with van der Waals surface area (Å²) >= 11 is 0. The third kappa shape index (κ3) is 5.50. The number of aryl methyl sites for hydroxylation is 2. The van der Waals surface area contributed by atoms with Crippen LogP contribution in [-0.2, 0) is 17.6 Å². The fourth-order valence-electron chi connectivity index (χ4n) is 3.20. The summed E-state index contributed by atoms with van der Waals surface area (Å²) in [6.45, 7) is 1.84. The average Bonchev–Trinajstić information content (AvgIpc) is 3.09. The standard InChI is InChI=1S/C20H23N5O4.Na/c1-2-3-14(19(28)29)23-17(26)12-7-4-11(5-8-12)6-9-13-10-22-16-15(13)18(27)25-20(21)24-16;/h4-5,7-8,10,14H,2-3,6,9H2,1H3,(H,23,26)(H,28,29)(H4,21,22,24,25,27);/q;+1/p-1/t14-;/m0./s1. The molecular weight excluding hydrogens is 397 g/mol. The SMILES string of the molecule is CCC[C@H](NC(=O)c1ccc(CCc2c[nH]c3nc(N)[nH]c(=O)c23)cc1)C(=O)[O-].[Na+].